The molecule has 0 fully saturated rings. The number of benzene rings is 3. The Morgan fingerprint density at radius 3 is 2.34 bits per heavy atom. The summed E-state index contributed by atoms with van der Waals surface area (Å²) >= 11 is 0. The number of aromatic nitrogens is 2. The Hall–Kier alpha value is -4.19. The molecule has 4 aromatic rings. The van der Waals surface area contributed by atoms with Gasteiger partial charge in [0, 0.05) is 24.0 Å². The van der Waals surface area contributed by atoms with Crippen molar-refractivity contribution in [3.8, 4) is 16.9 Å². The second-order valence-corrected chi connectivity index (χ2v) is 7.54. The summed E-state index contributed by atoms with van der Waals surface area (Å²) in [4.78, 5) is 27.4. The molecule has 0 aliphatic carbocycles. The highest BCUT2D eigenvalue weighted by Crippen LogP contribution is 2.28. The Balaban J connectivity index is 1.38. The van der Waals surface area contributed by atoms with Gasteiger partial charge in [-0.15, -0.1) is 0 Å². The lowest BCUT2D eigenvalue weighted by atomic mass is 10.1. The number of fused-ring (bicyclic) bond motifs is 1. The molecule has 0 unspecified atom stereocenters. The van der Waals surface area contributed by atoms with E-state index in [9.17, 15) is 9.59 Å². The van der Waals surface area contributed by atoms with Crippen LogP contribution in [0.4, 0.5) is 5.69 Å². The zero-order valence-corrected chi connectivity index (χ0v) is 17.3. The lowest BCUT2D eigenvalue weighted by molar-refractivity contribution is -0.121. The molecule has 1 amide bonds. The number of hydrogen-bond acceptors (Lipinski definition) is 4. The zero-order chi connectivity index (χ0) is 21.9. The monoisotopic (exact) mass is 423 g/mol. The first-order valence-electron chi connectivity index (χ1n) is 10.5. The first kappa shape index (κ1) is 19.8. The average molecular weight is 423 g/mol. The third-order valence-electron chi connectivity index (χ3n) is 5.52. The molecule has 158 valence electrons. The molecule has 0 radical (unpaired) electrons. The lowest BCUT2D eigenvalue weighted by Gasteiger charge is -2.17. The smallest absolute Gasteiger partial charge is 0.342 e. The number of carbonyl (C=O) groups excluding carboxylic acids is 2. The number of amides is 1. The van der Waals surface area contributed by atoms with E-state index in [1.165, 1.54) is 0 Å². The van der Waals surface area contributed by atoms with Crippen LogP contribution in [0.1, 0.15) is 15.9 Å². The summed E-state index contributed by atoms with van der Waals surface area (Å²) in [6.07, 6.45) is 2.45. The SMILES string of the molecule is O=C(OCC(=O)N1CCc2ccccc21)c1cn(-c2ccccc2)nc1-c1ccccc1. The van der Waals surface area contributed by atoms with E-state index in [4.69, 9.17) is 4.74 Å². The molecule has 1 aliphatic heterocycles. The summed E-state index contributed by atoms with van der Waals surface area (Å²) in [7, 11) is 0. The number of ether oxygens (including phenoxy) is 1. The summed E-state index contributed by atoms with van der Waals surface area (Å²) in [6, 6.07) is 26.8. The van der Waals surface area contributed by atoms with E-state index in [-0.39, 0.29) is 12.5 Å². The van der Waals surface area contributed by atoms with Gasteiger partial charge in [0.15, 0.2) is 6.61 Å². The topological polar surface area (TPSA) is 64.4 Å². The van der Waals surface area contributed by atoms with Gasteiger partial charge in [0.05, 0.1) is 5.69 Å². The predicted molar refractivity (Wildman–Crippen MR) is 122 cm³/mol. The average Bonchev–Trinajstić information content (AvgIpc) is 3.49. The summed E-state index contributed by atoms with van der Waals surface area (Å²) in [5, 5.41) is 4.63. The number of rotatable bonds is 5. The molecule has 6 nitrogen and oxygen atoms in total. The van der Waals surface area contributed by atoms with Gasteiger partial charge in [0.1, 0.15) is 11.3 Å². The number of esters is 1. The fourth-order valence-electron chi connectivity index (χ4n) is 3.93. The summed E-state index contributed by atoms with van der Waals surface area (Å²) in [6.45, 7) is 0.273. The molecule has 0 saturated heterocycles. The highest BCUT2D eigenvalue weighted by atomic mass is 16.5. The second-order valence-electron chi connectivity index (χ2n) is 7.54. The fourth-order valence-corrected chi connectivity index (χ4v) is 3.93. The van der Waals surface area contributed by atoms with Crippen LogP contribution in [0.2, 0.25) is 0 Å². The summed E-state index contributed by atoms with van der Waals surface area (Å²) in [5.74, 6) is -0.813. The maximum atomic E-state index is 13.0. The van der Waals surface area contributed by atoms with Gasteiger partial charge in [-0.25, -0.2) is 9.48 Å². The van der Waals surface area contributed by atoms with E-state index in [0.717, 1.165) is 28.9 Å². The number of anilines is 1. The third-order valence-corrected chi connectivity index (χ3v) is 5.52. The number of hydrogen-bond donors (Lipinski definition) is 0. The number of carbonyl (C=O) groups is 2. The quantitative estimate of drug-likeness (QED) is 0.450. The Bertz CT molecular complexity index is 1270. The molecule has 2 heterocycles. The van der Waals surface area contributed by atoms with Crippen LogP contribution < -0.4 is 4.90 Å². The molecular weight excluding hydrogens is 402 g/mol. The van der Waals surface area contributed by atoms with Gasteiger partial charge >= 0.3 is 5.97 Å². The van der Waals surface area contributed by atoms with E-state index in [2.05, 4.69) is 5.10 Å². The van der Waals surface area contributed by atoms with Crippen molar-refractivity contribution < 1.29 is 14.3 Å². The Morgan fingerprint density at radius 1 is 0.875 bits per heavy atom. The van der Waals surface area contributed by atoms with Crippen molar-refractivity contribution in [2.24, 2.45) is 0 Å². The highest BCUT2D eigenvalue weighted by Gasteiger charge is 2.26. The van der Waals surface area contributed by atoms with Gasteiger partial charge in [-0.3, -0.25) is 4.79 Å². The van der Waals surface area contributed by atoms with Crippen LogP contribution in [0.3, 0.4) is 0 Å². The molecule has 0 saturated carbocycles. The van der Waals surface area contributed by atoms with Gasteiger partial charge in [-0.05, 0) is 30.2 Å². The van der Waals surface area contributed by atoms with E-state index < -0.39 is 5.97 Å². The van der Waals surface area contributed by atoms with Gasteiger partial charge in [0.25, 0.3) is 5.91 Å². The summed E-state index contributed by atoms with van der Waals surface area (Å²) in [5.41, 5.74) is 4.47. The van der Waals surface area contributed by atoms with Crippen molar-refractivity contribution in [3.63, 3.8) is 0 Å². The first-order valence-corrected chi connectivity index (χ1v) is 10.5. The Morgan fingerprint density at radius 2 is 1.56 bits per heavy atom. The van der Waals surface area contributed by atoms with E-state index in [0.29, 0.717) is 17.8 Å². The van der Waals surface area contributed by atoms with Crippen molar-refractivity contribution >= 4 is 17.6 Å². The molecule has 1 aromatic heterocycles. The maximum absolute atomic E-state index is 13.0. The minimum absolute atomic E-state index is 0.236. The zero-order valence-electron chi connectivity index (χ0n) is 17.3. The predicted octanol–water partition coefficient (Wildman–Crippen LogP) is 4.29. The largest absolute Gasteiger partial charge is 0.452 e. The van der Waals surface area contributed by atoms with Crippen LogP contribution in [-0.4, -0.2) is 34.8 Å². The lowest BCUT2D eigenvalue weighted by Crippen LogP contribution is -2.33. The van der Waals surface area contributed by atoms with Crippen molar-refractivity contribution in [3.05, 3.63) is 102 Å². The molecule has 3 aromatic carbocycles. The molecule has 1 aliphatic rings. The van der Waals surface area contributed by atoms with Gasteiger partial charge in [0.2, 0.25) is 0 Å². The van der Waals surface area contributed by atoms with Crippen molar-refractivity contribution in [2.45, 2.75) is 6.42 Å². The van der Waals surface area contributed by atoms with Crippen LogP contribution in [-0.2, 0) is 16.0 Å². The molecule has 0 atom stereocenters. The molecular formula is C26H21N3O3. The van der Waals surface area contributed by atoms with Crippen molar-refractivity contribution in [2.75, 3.05) is 18.1 Å². The van der Waals surface area contributed by atoms with E-state index in [1.54, 1.807) is 15.8 Å². The van der Waals surface area contributed by atoms with Crippen LogP contribution in [0.5, 0.6) is 0 Å². The van der Waals surface area contributed by atoms with Crippen molar-refractivity contribution in [1.82, 2.24) is 9.78 Å². The first-order chi connectivity index (χ1) is 15.7. The molecule has 0 spiro atoms. The van der Waals surface area contributed by atoms with Gasteiger partial charge in [-0.1, -0.05) is 66.7 Å². The van der Waals surface area contributed by atoms with Crippen LogP contribution in [0.15, 0.2) is 91.1 Å². The number of nitrogens with zero attached hydrogens (tertiary/aromatic N) is 3. The van der Waals surface area contributed by atoms with Crippen LogP contribution in [0, 0.1) is 0 Å². The minimum Gasteiger partial charge on any atom is -0.452 e. The second kappa shape index (κ2) is 8.51. The molecule has 6 heteroatoms. The Kier molecular flexibility index (Phi) is 5.25. The van der Waals surface area contributed by atoms with Gasteiger partial charge in [-0.2, -0.15) is 5.10 Å². The highest BCUT2D eigenvalue weighted by molar-refractivity contribution is 6.00. The molecule has 0 bridgehead atoms. The number of para-hydroxylation sites is 2. The van der Waals surface area contributed by atoms with Gasteiger partial charge < -0.3 is 9.64 Å². The van der Waals surface area contributed by atoms with Crippen molar-refractivity contribution in [1.29, 1.82) is 0 Å². The standard InChI is InChI=1S/C26H21N3O3/c30-24(28-16-15-19-9-7-8-14-23(19)28)18-32-26(31)22-17-29(21-12-5-2-6-13-21)27-25(22)20-10-3-1-4-11-20/h1-14,17H,15-16,18H2. The summed E-state index contributed by atoms with van der Waals surface area (Å²) < 4.78 is 7.10. The van der Waals surface area contributed by atoms with Crippen LogP contribution >= 0.6 is 0 Å². The fraction of sp³-hybridized carbons (Fsp3) is 0.115. The minimum atomic E-state index is -0.577. The Labute approximate surface area is 185 Å². The molecule has 5 rings (SSSR count). The maximum Gasteiger partial charge on any atom is 0.342 e. The molecule has 0 N–H and O–H groups in total. The molecule has 32 heavy (non-hydrogen) atoms. The van der Waals surface area contributed by atoms with E-state index >= 15 is 0 Å². The normalized spacial score (nSPS) is 12.4. The third kappa shape index (κ3) is 3.78. The van der Waals surface area contributed by atoms with E-state index in [1.807, 2.05) is 84.9 Å². The van der Waals surface area contributed by atoms with Crippen LogP contribution in [0.25, 0.3) is 16.9 Å².